The van der Waals surface area contributed by atoms with Crippen molar-refractivity contribution in [2.75, 3.05) is 0 Å². The average molecular weight is 361 g/mol. The van der Waals surface area contributed by atoms with Gasteiger partial charge in [0, 0.05) is 15.6 Å². The monoisotopic (exact) mass is 360 g/mol. The van der Waals surface area contributed by atoms with Gasteiger partial charge in [-0.3, -0.25) is 0 Å². The van der Waals surface area contributed by atoms with E-state index in [1.807, 2.05) is 11.3 Å². The molecule has 0 bridgehead atoms. The van der Waals surface area contributed by atoms with Gasteiger partial charge in [0.05, 0.1) is 15.9 Å². The van der Waals surface area contributed by atoms with Crippen LogP contribution in [-0.2, 0) is 6.42 Å². The third kappa shape index (κ3) is 3.24. The topological polar surface area (TPSA) is 25.8 Å². The highest BCUT2D eigenvalue weighted by molar-refractivity contribution is 7.26. The summed E-state index contributed by atoms with van der Waals surface area (Å²) in [6.45, 7) is 11.1. The molecule has 0 radical (unpaired) electrons. The van der Waals surface area contributed by atoms with E-state index in [4.69, 9.17) is 0 Å². The lowest BCUT2D eigenvalue weighted by Gasteiger charge is -2.17. The Morgan fingerprint density at radius 2 is 1.65 bits per heavy atom. The largest absolute Gasteiger partial charge is 0.235 e. The van der Waals surface area contributed by atoms with Crippen molar-refractivity contribution in [3.05, 3.63) is 59.4 Å². The summed E-state index contributed by atoms with van der Waals surface area (Å²) in [5.74, 6) is 0. The van der Waals surface area contributed by atoms with Crippen LogP contribution in [-0.4, -0.2) is 9.97 Å². The first-order valence-electron chi connectivity index (χ1n) is 9.05. The molecule has 2 heterocycles. The van der Waals surface area contributed by atoms with Crippen LogP contribution >= 0.6 is 11.3 Å². The van der Waals surface area contributed by atoms with Gasteiger partial charge in [0.25, 0.3) is 0 Å². The zero-order chi connectivity index (χ0) is 18.5. The number of hydrogen-bond acceptors (Lipinski definition) is 3. The van der Waals surface area contributed by atoms with E-state index in [1.165, 1.54) is 37.0 Å². The second kappa shape index (κ2) is 6.17. The molecule has 0 atom stereocenters. The van der Waals surface area contributed by atoms with Gasteiger partial charge in [0.15, 0.2) is 0 Å². The fraction of sp³-hybridized carbons (Fsp3) is 0.304. The summed E-state index contributed by atoms with van der Waals surface area (Å²) in [5.41, 5.74) is 7.49. The van der Waals surface area contributed by atoms with Crippen molar-refractivity contribution in [3.63, 3.8) is 0 Å². The molecule has 2 nitrogen and oxygen atoms in total. The van der Waals surface area contributed by atoms with Crippen LogP contribution in [0.3, 0.4) is 0 Å². The van der Waals surface area contributed by atoms with Crippen molar-refractivity contribution in [1.82, 2.24) is 9.97 Å². The Bertz CT molecular complexity index is 1100. The van der Waals surface area contributed by atoms with Crippen molar-refractivity contribution in [1.29, 1.82) is 0 Å². The van der Waals surface area contributed by atoms with Crippen molar-refractivity contribution >= 4 is 31.6 Å². The van der Waals surface area contributed by atoms with Crippen molar-refractivity contribution in [2.45, 2.75) is 41.0 Å². The maximum atomic E-state index is 4.64. The minimum Gasteiger partial charge on any atom is -0.235 e. The Kier molecular flexibility index (Phi) is 4.07. The molecule has 4 aromatic rings. The Balaban J connectivity index is 1.92. The number of thiophene rings is 1. The van der Waals surface area contributed by atoms with Crippen molar-refractivity contribution in [3.8, 4) is 11.3 Å². The van der Waals surface area contributed by atoms with Crippen LogP contribution in [0.2, 0.25) is 0 Å². The van der Waals surface area contributed by atoms with Gasteiger partial charge in [0.2, 0.25) is 0 Å². The Hall–Kier alpha value is -2.26. The summed E-state index contributed by atoms with van der Waals surface area (Å²) < 4.78 is 2.48. The molecule has 2 aromatic heterocycles. The number of aromatic nitrogens is 2. The first-order valence-corrected chi connectivity index (χ1v) is 9.87. The number of rotatable bonds is 2. The summed E-state index contributed by atoms with van der Waals surface area (Å²) in [6.07, 6.45) is 2.78. The average Bonchev–Trinajstić information content (AvgIpc) is 2.89. The van der Waals surface area contributed by atoms with Gasteiger partial charge in [-0.25, -0.2) is 9.97 Å². The molecule has 0 aliphatic carbocycles. The lowest BCUT2D eigenvalue weighted by Crippen LogP contribution is -2.08. The molecule has 132 valence electrons. The van der Waals surface area contributed by atoms with Crippen molar-refractivity contribution in [2.24, 2.45) is 5.41 Å². The van der Waals surface area contributed by atoms with E-state index in [0.29, 0.717) is 0 Å². The molecule has 4 rings (SSSR count). The van der Waals surface area contributed by atoms with Crippen LogP contribution in [0.15, 0.2) is 42.7 Å². The van der Waals surface area contributed by atoms with E-state index >= 15 is 0 Å². The van der Waals surface area contributed by atoms with Crippen LogP contribution in [0.25, 0.3) is 31.6 Å². The Morgan fingerprint density at radius 3 is 2.35 bits per heavy atom. The number of nitrogens with zero attached hydrogens (tertiary/aromatic N) is 2. The first kappa shape index (κ1) is 17.2. The lowest BCUT2D eigenvalue weighted by atomic mass is 9.88. The molecule has 26 heavy (non-hydrogen) atoms. The van der Waals surface area contributed by atoms with Gasteiger partial charge < -0.3 is 0 Å². The number of aryl methyl sites for hydroxylation is 2. The van der Waals surface area contributed by atoms with Gasteiger partial charge in [-0.05, 0) is 49.4 Å². The zero-order valence-electron chi connectivity index (χ0n) is 16.1. The molecule has 2 aromatic carbocycles. The highest BCUT2D eigenvalue weighted by Crippen LogP contribution is 2.38. The van der Waals surface area contributed by atoms with Crippen LogP contribution < -0.4 is 0 Å². The van der Waals surface area contributed by atoms with Crippen LogP contribution in [0.4, 0.5) is 0 Å². The van der Waals surface area contributed by atoms with Crippen molar-refractivity contribution < 1.29 is 0 Å². The summed E-state index contributed by atoms with van der Waals surface area (Å²) in [6, 6.07) is 13.4. The molecule has 0 unspecified atom stereocenters. The second-order valence-electron chi connectivity index (χ2n) is 8.45. The van der Waals surface area contributed by atoms with Crippen LogP contribution in [0.1, 0.15) is 37.5 Å². The number of benzene rings is 2. The molecular weight excluding hydrogens is 336 g/mol. The summed E-state index contributed by atoms with van der Waals surface area (Å²) in [4.78, 5) is 9.24. The van der Waals surface area contributed by atoms with Gasteiger partial charge in [-0.1, -0.05) is 50.1 Å². The normalized spacial score (nSPS) is 12.2. The molecule has 0 amide bonds. The van der Waals surface area contributed by atoms with Crippen LogP contribution in [0, 0.1) is 19.3 Å². The third-order valence-corrected chi connectivity index (χ3v) is 5.70. The molecule has 0 saturated heterocycles. The van der Waals surface area contributed by atoms with E-state index in [2.05, 4.69) is 81.0 Å². The maximum Gasteiger partial charge on any atom is 0.116 e. The second-order valence-corrected chi connectivity index (χ2v) is 9.50. The Labute approximate surface area is 158 Å². The van der Waals surface area contributed by atoms with Gasteiger partial charge in [0.1, 0.15) is 6.33 Å². The minimum atomic E-state index is 0.286. The molecule has 0 spiro atoms. The first-order chi connectivity index (χ1) is 12.3. The molecule has 0 aliphatic rings. The predicted molar refractivity (Wildman–Crippen MR) is 113 cm³/mol. The summed E-state index contributed by atoms with van der Waals surface area (Å²) in [7, 11) is 0. The molecule has 0 aliphatic heterocycles. The standard InChI is InChI=1S/C23H24N2S/c1-14-8-15(2)10-17(9-14)20-22-21(25-13-24-20)18-7-6-16(11-19(18)26-22)12-23(3,4)5/h6-11,13H,12H2,1-5H3. The van der Waals surface area contributed by atoms with E-state index in [0.717, 1.165) is 17.6 Å². The SMILES string of the molecule is Cc1cc(C)cc(-c2ncnc3c2sc2cc(CC(C)(C)C)ccc23)c1. The summed E-state index contributed by atoms with van der Waals surface area (Å²) >= 11 is 1.81. The Morgan fingerprint density at radius 1 is 0.923 bits per heavy atom. The highest BCUT2D eigenvalue weighted by atomic mass is 32.1. The minimum absolute atomic E-state index is 0.286. The van der Waals surface area contributed by atoms with E-state index in [-0.39, 0.29) is 5.41 Å². The smallest absolute Gasteiger partial charge is 0.116 e. The van der Waals surface area contributed by atoms with E-state index < -0.39 is 0 Å². The van der Waals surface area contributed by atoms with Gasteiger partial charge in [-0.15, -0.1) is 11.3 Å². The third-order valence-electron chi connectivity index (χ3n) is 4.55. The fourth-order valence-electron chi connectivity index (χ4n) is 3.66. The molecule has 3 heteroatoms. The maximum absolute atomic E-state index is 4.64. The number of fused-ring (bicyclic) bond motifs is 3. The van der Waals surface area contributed by atoms with Gasteiger partial charge in [-0.2, -0.15) is 0 Å². The molecule has 0 saturated carbocycles. The molecule has 0 N–H and O–H groups in total. The van der Waals surface area contributed by atoms with E-state index in [1.54, 1.807) is 6.33 Å². The quantitative estimate of drug-likeness (QED) is 0.397. The molecule has 0 fully saturated rings. The van der Waals surface area contributed by atoms with Crippen LogP contribution in [0.5, 0.6) is 0 Å². The highest BCUT2D eigenvalue weighted by Gasteiger charge is 2.16. The summed E-state index contributed by atoms with van der Waals surface area (Å²) in [5, 5.41) is 1.23. The zero-order valence-corrected chi connectivity index (χ0v) is 16.9. The predicted octanol–water partition coefficient (Wildman–Crippen LogP) is 6.72. The molecular formula is C23H24N2S. The van der Waals surface area contributed by atoms with E-state index in [9.17, 15) is 0 Å². The number of hydrogen-bond donors (Lipinski definition) is 0. The lowest BCUT2D eigenvalue weighted by molar-refractivity contribution is 0.411. The fourth-order valence-corrected chi connectivity index (χ4v) is 4.89. The van der Waals surface area contributed by atoms with Gasteiger partial charge >= 0.3 is 0 Å².